The third-order valence-corrected chi connectivity index (χ3v) is 10.1. The summed E-state index contributed by atoms with van der Waals surface area (Å²) in [5.41, 5.74) is 10.4. The number of nitrogens with zero attached hydrogens (tertiary/aromatic N) is 3. The van der Waals surface area contributed by atoms with Gasteiger partial charge in [0.15, 0.2) is 17.5 Å². The summed E-state index contributed by atoms with van der Waals surface area (Å²) in [7, 11) is 0. The van der Waals surface area contributed by atoms with Crippen LogP contribution in [0.25, 0.3) is 83.3 Å². The summed E-state index contributed by atoms with van der Waals surface area (Å²) in [4.78, 5) is 15.6. The van der Waals surface area contributed by atoms with Gasteiger partial charge in [0, 0.05) is 27.8 Å². The fourth-order valence-corrected chi connectivity index (χ4v) is 7.41. The number of hydrogen-bond acceptors (Lipinski definition) is 4. The Hall–Kier alpha value is -6.65. The number of benzene rings is 6. The summed E-state index contributed by atoms with van der Waals surface area (Å²) in [5.74, 6) is 2.25. The van der Waals surface area contributed by atoms with Gasteiger partial charge >= 0.3 is 0 Å². The second-order valence-corrected chi connectivity index (χ2v) is 13.2. The molecule has 1 atom stereocenters. The molecule has 0 N–H and O–H groups in total. The van der Waals surface area contributed by atoms with E-state index in [-0.39, 0.29) is 0 Å². The highest BCUT2D eigenvalue weighted by molar-refractivity contribution is 6.13. The molecule has 2 aromatic heterocycles. The van der Waals surface area contributed by atoms with Crippen LogP contribution < -0.4 is 0 Å². The van der Waals surface area contributed by atoms with Gasteiger partial charge in [0.1, 0.15) is 11.2 Å². The van der Waals surface area contributed by atoms with Crippen LogP contribution in [0.2, 0.25) is 0 Å². The second-order valence-electron chi connectivity index (χ2n) is 13.2. The van der Waals surface area contributed by atoms with Gasteiger partial charge in [-0.3, -0.25) is 0 Å². The monoisotopic (exact) mass is 653 g/mol. The lowest BCUT2D eigenvalue weighted by Gasteiger charge is -2.22. The maximum Gasteiger partial charge on any atom is 0.164 e. The zero-order valence-corrected chi connectivity index (χ0v) is 27.7. The highest BCUT2D eigenvalue weighted by Crippen LogP contribution is 2.41. The van der Waals surface area contributed by atoms with Crippen molar-refractivity contribution in [3.8, 4) is 45.0 Å². The molecule has 0 spiro atoms. The van der Waals surface area contributed by atoms with Crippen molar-refractivity contribution < 1.29 is 4.42 Å². The average Bonchev–Trinajstić information content (AvgIpc) is 3.59. The maximum atomic E-state index is 6.47. The van der Waals surface area contributed by atoms with Crippen LogP contribution in [0.1, 0.15) is 12.2 Å². The van der Waals surface area contributed by atoms with Crippen molar-refractivity contribution in [2.75, 3.05) is 0 Å². The first kappa shape index (κ1) is 29.3. The largest absolute Gasteiger partial charge is 0.456 e. The van der Waals surface area contributed by atoms with Crippen LogP contribution in [0.4, 0.5) is 0 Å². The molecule has 0 saturated heterocycles. The number of aromatic nitrogens is 3. The Kier molecular flexibility index (Phi) is 6.91. The van der Waals surface area contributed by atoms with Gasteiger partial charge in [-0.15, -0.1) is 0 Å². The van der Waals surface area contributed by atoms with Crippen molar-refractivity contribution in [3.05, 3.63) is 181 Å². The summed E-state index contributed by atoms with van der Waals surface area (Å²) >= 11 is 0. The highest BCUT2D eigenvalue weighted by Gasteiger charge is 2.23. The molecule has 240 valence electrons. The van der Waals surface area contributed by atoms with Crippen LogP contribution >= 0.6 is 0 Å². The summed E-state index contributed by atoms with van der Waals surface area (Å²) in [5, 5.41) is 4.50. The third kappa shape index (κ3) is 5.29. The van der Waals surface area contributed by atoms with E-state index < -0.39 is 0 Å². The number of fused-ring (bicyclic) bond motifs is 5. The number of furan rings is 1. The van der Waals surface area contributed by atoms with Gasteiger partial charge in [-0.2, -0.15) is 0 Å². The molecule has 10 rings (SSSR count). The molecule has 8 aromatic rings. The van der Waals surface area contributed by atoms with Crippen molar-refractivity contribution in [1.29, 1.82) is 0 Å². The lowest BCUT2D eigenvalue weighted by Crippen LogP contribution is -2.10. The molecule has 1 unspecified atom stereocenters. The van der Waals surface area contributed by atoms with E-state index in [1.807, 2.05) is 18.2 Å². The Bertz CT molecular complexity index is 2770. The fourth-order valence-electron chi connectivity index (χ4n) is 7.41. The predicted octanol–water partition coefficient (Wildman–Crippen LogP) is 12.0. The van der Waals surface area contributed by atoms with Crippen molar-refractivity contribution >= 4 is 38.3 Å². The van der Waals surface area contributed by atoms with Crippen LogP contribution in [0, 0.1) is 5.92 Å². The van der Waals surface area contributed by atoms with Gasteiger partial charge in [-0.1, -0.05) is 146 Å². The summed E-state index contributed by atoms with van der Waals surface area (Å²) < 4.78 is 6.47. The van der Waals surface area contributed by atoms with E-state index in [1.165, 1.54) is 21.9 Å². The molecule has 0 fully saturated rings. The van der Waals surface area contributed by atoms with E-state index >= 15 is 0 Å². The zero-order valence-electron chi connectivity index (χ0n) is 27.7. The third-order valence-electron chi connectivity index (χ3n) is 10.1. The molecule has 0 saturated carbocycles. The Morgan fingerprint density at radius 1 is 0.510 bits per heavy atom. The topological polar surface area (TPSA) is 51.8 Å². The Labute approximate surface area is 295 Å². The number of rotatable bonds is 5. The standard InChI is InChI=1S/C47H31N3O/c1-2-10-30(11-3-1)39-28-41(44-40-16-8-9-17-42(40)51-43(44)29-39)47-49-45(48-46(50-47)38-25-21-32-13-5-7-15-36(32)27-38)34-22-18-33(19-23-34)37-24-20-31-12-4-6-14-35(31)26-37/h1-26,28-29,36H,27H2. The maximum absolute atomic E-state index is 6.47. The number of allylic oxidation sites excluding steroid dienone is 8. The molecule has 2 heterocycles. The fraction of sp³-hybridized carbons (Fsp3) is 0.0426. The first-order chi connectivity index (χ1) is 25.2. The number of para-hydroxylation sites is 1. The van der Waals surface area contributed by atoms with E-state index in [0.29, 0.717) is 23.4 Å². The molecule has 4 nitrogen and oxygen atoms in total. The molecule has 4 heteroatoms. The molecule has 6 aromatic carbocycles. The molecule has 0 bridgehead atoms. The minimum absolute atomic E-state index is 0.297. The van der Waals surface area contributed by atoms with Crippen LogP contribution in [0.3, 0.4) is 0 Å². The highest BCUT2D eigenvalue weighted by atomic mass is 16.3. The summed E-state index contributed by atoms with van der Waals surface area (Å²) in [6, 6.07) is 46.6. The van der Waals surface area contributed by atoms with Gasteiger partial charge in [-0.05, 0) is 74.9 Å². The van der Waals surface area contributed by atoms with Gasteiger partial charge in [0.25, 0.3) is 0 Å². The van der Waals surface area contributed by atoms with E-state index in [9.17, 15) is 0 Å². The molecule has 0 radical (unpaired) electrons. The first-order valence-electron chi connectivity index (χ1n) is 17.4. The summed E-state index contributed by atoms with van der Waals surface area (Å²) in [6.07, 6.45) is 13.9. The molecular formula is C47H31N3O. The minimum atomic E-state index is 0.297. The Morgan fingerprint density at radius 3 is 2.14 bits per heavy atom. The van der Waals surface area contributed by atoms with Gasteiger partial charge in [0.05, 0.1) is 0 Å². The lowest BCUT2D eigenvalue weighted by molar-refractivity contribution is 0.669. The minimum Gasteiger partial charge on any atom is -0.456 e. The molecule has 2 aliphatic carbocycles. The average molecular weight is 654 g/mol. The van der Waals surface area contributed by atoms with E-state index in [2.05, 4.69) is 152 Å². The van der Waals surface area contributed by atoms with Crippen molar-refractivity contribution in [1.82, 2.24) is 15.0 Å². The van der Waals surface area contributed by atoms with Crippen molar-refractivity contribution in [3.63, 3.8) is 0 Å². The Morgan fingerprint density at radius 2 is 1.24 bits per heavy atom. The lowest BCUT2D eigenvalue weighted by atomic mass is 9.84. The normalized spacial score (nSPS) is 15.3. The van der Waals surface area contributed by atoms with Crippen LogP contribution in [0.5, 0.6) is 0 Å². The molecule has 0 amide bonds. The SMILES string of the molecule is C1=CC2=CC=C(c3nc(-c4ccc(-c5ccc6ccccc6c5)cc4)nc(-c4cc(-c5ccccc5)cc5oc6ccccc6c45)n3)CC2C=C1. The van der Waals surface area contributed by atoms with Crippen molar-refractivity contribution in [2.24, 2.45) is 5.92 Å². The van der Waals surface area contributed by atoms with E-state index in [1.54, 1.807) is 0 Å². The molecule has 2 aliphatic rings. The van der Waals surface area contributed by atoms with Crippen LogP contribution in [-0.4, -0.2) is 15.0 Å². The quantitative estimate of drug-likeness (QED) is 0.185. The first-order valence-corrected chi connectivity index (χ1v) is 17.4. The molecule has 0 aliphatic heterocycles. The van der Waals surface area contributed by atoms with Crippen LogP contribution in [0.15, 0.2) is 180 Å². The Balaban J connectivity index is 1.16. The molecule has 51 heavy (non-hydrogen) atoms. The van der Waals surface area contributed by atoms with Crippen LogP contribution in [-0.2, 0) is 0 Å². The summed E-state index contributed by atoms with van der Waals surface area (Å²) in [6.45, 7) is 0. The number of hydrogen-bond donors (Lipinski definition) is 0. The smallest absolute Gasteiger partial charge is 0.164 e. The zero-order chi connectivity index (χ0) is 33.7. The van der Waals surface area contributed by atoms with Gasteiger partial charge < -0.3 is 4.42 Å². The van der Waals surface area contributed by atoms with Gasteiger partial charge in [-0.25, -0.2) is 15.0 Å². The van der Waals surface area contributed by atoms with E-state index in [0.717, 1.165) is 61.7 Å². The van der Waals surface area contributed by atoms with Crippen molar-refractivity contribution in [2.45, 2.75) is 6.42 Å². The predicted molar refractivity (Wildman–Crippen MR) is 209 cm³/mol. The van der Waals surface area contributed by atoms with Gasteiger partial charge in [0.2, 0.25) is 0 Å². The second kappa shape index (κ2) is 12.0. The van der Waals surface area contributed by atoms with E-state index in [4.69, 9.17) is 19.4 Å². The molecular weight excluding hydrogens is 623 g/mol.